The third-order valence-electron chi connectivity index (χ3n) is 14.4. The van der Waals surface area contributed by atoms with Crippen molar-refractivity contribution < 1.29 is 49.3 Å². The van der Waals surface area contributed by atoms with Crippen molar-refractivity contribution >= 4 is 11.9 Å². The van der Waals surface area contributed by atoms with Gasteiger partial charge < -0.3 is 45.1 Å². The van der Waals surface area contributed by atoms with E-state index in [0.717, 1.165) is 89.9 Å². The van der Waals surface area contributed by atoms with Crippen LogP contribution in [-0.2, 0) is 23.8 Å². The number of aliphatic hydroxyl groups is 5. The Balaban J connectivity index is 2.62. The van der Waals surface area contributed by atoms with E-state index in [0.29, 0.717) is 12.8 Å². The third kappa shape index (κ3) is 40.2. The molecule has 0 bridgehead atoms. The van der Waals surface area contributed by atoms with Crippen LogP contribution in [0.25, 0.3) is 0 Å². The van der Waals surface area contributed by atoms with Gasteiger partial charge in [-0.25, -0.2) is 0 Å². The van der Waals surface area contributed by atoms with Crippen molar-refractivity contribution in [2.75, 3.05) is 13.2 Å². The average Bonchev–Trinajstić information content (AvgIpc) is 3.41. The van der Waals surface area contributed by atoms with E-state index in [1.807, 2.05) is 6.08 Å². The lowest BCUT2D eigenvalue weighted by molar-refractivity contribution is -0.305. The van der Waals surface area contributed by atoms with Crippen LogP contribution in [0.1, 0.15) is 271 Å². The molecule has 75 heavy (non-hydrogen) atoms. The number of aliphatic hydroxyl groups excluding tert-OH is 5. The second-order valence-corrected chi connectivity index (χ2v) is 21.4. The van der Waals surface area contributed by atoms with Gasteiger partial charge in [0.2, 0.25) is 5.91 Å². The molecular weight excluding hydrogens is 943 g/mol. The SMILES string of the molecule is CCCC/C=C\CCCCCCC(O)C(=O)NC(COC1OC(CO)C(O)C(O)C1OC(=O)CCCCCCCCCCCC/C=C\C/C=C\C/C=C\CCCCC)C(O)/C=C/CCCCCCCCCCCCC. The van der Waals surface area contributed by atoms with Gasteiger partial charge in [-0.15, -0.1) is 0 Å². The Morgan fingerprint density at radius 2 is 0.933 bits per heavy atom. The van der Waals surface area contributed by atoms with Crippen LogP contribution in [0.2, 0.25) is 0 Å². The van der Waals surface area contributed by atoms with E-state index >= 15 is 0 Å². The smallest absolute Gasteiger partial charge is 0.306 e. The van der Waals surface area contributed by atoms with Crippen molar-refractivity contribution in [2.24, 2.45) is 0 Å². The molecule has 11 heteroatoms. The summed E-state index contributed by atoms with van der Waals surface area (Å²) in [5.74, 6) is -1.21. The minimum Gasteiger partial charge on any atom is -0.454 e. The van der Waals surface area contributed by atoms with Crippen LogP contribution in [0.4, 0.5) is 0 Å². The number of allylic oxidation sites excluding steroid dienone is 9. The van der Waals surface area contributed by atoms with Gasteiger partial charge in [-0.2, -0.15) is 0 Å². The van der Waals surface area contributed by atoms with E-state index in [4.69, 9.17) is 14.2 Å². The first-order valence-electron chi connectivity index (χ1n) is 31.1. The topological polar surface area (TPSA) is 175 Å². The molecule has 11 nitrogen and oxygen atoms in total. The maximum absolute atomic E-state index is 13.3. The molecule has 1 amide bonds. The highest BCUT2D eigenvalue weighted by atomic mass is 16.7. The van der Waals surface area contributed by atoms with E-state index in [1.54, 1.807) is 6.08 Å². The molecule has 8 atom stereocenters. The largest absolute Gasteiger partial charge is 0.454 e. The lowest BCUT2D eigenvalue weighted by Gasteiger charge is -2.41. The van der Waals surface area contributed by atoms with Gasteiger partial charge in [-0.1, -0.05) is 242 Å². The average molecular weight is 1060 g/mol. The molecule has 8 unspecified atom stereocenters. The molecule has 6 N–H and O–H groups in total. The van der Waals surface area contributed by atoms with Crippen LogP contribution in [0.5, 0.6) is 0 Å². The van der Waals surface area contributed by atoms with Crippen molar-refractivity contribution in [3.63, 3.8) is 0 Å². The number of amides is 1. The van der Waals surface area contributed by atoms with Crippen molar-refractivity contribution in [2.45, 2.75) is 320 Å². The van der Waals surface area contributed by atoms with E-state index < -0.39 is 67.4 Å². The van der Waals surface area contributed by atoms with E-state index in [1.165, 1.54) is 135 Å². The second-order valence-electron chi connectivity index (χ2n) is 21.4. The Bertz CT molecular complexity index is 1450. The number of hydrogen-bond donors (Lipinski definition) is 6. The van der Waals surface area contributed by atoms with Crippen LogP contribution < -0.4 is 5.32 Å². The Hall–Kier alpha value is -2.64. The molecule has 0 saturated carbocycles. The normalized spacial score (nSPS) is 19.6. The molecule has 0 aromatic heterocycles. The van der Waals surface area contributed by atoms with E-state index in [-0.39, 0.29) is 19.4 Å². The summed E-state index contributed by atoms with van der Waals surface area (Å²) in [5.41, 5.74) is 0. The number of rotatable bonds is 52. The number of nitrogens with one attached hydrogen (secondary N) is 1. The highest BCUT2D eigenvalue weighted by Gasteiger charge is 2.47. The Morgan fingerprint density at radius 3 is 1.45 bits per heavy atom. The molecule has 0 aromatic carbocycles. The molecule has 0 spiro atoms. The molecule has 436 valence electrons. The zero-order valence-electron chi connectivity index (χ0n) is 48.2. The number of unbranched alkanes of at least 4 members (excludes halogenated alkanes) is 30. The fourth-order valence-electron chi connectivity index (χ4n) is 9.40. The number of carbonyl (C=O) groups is 2. The first-order valence-corrected chi connectivity index (χ1v) is 31.1. The zero-order chi connectivity index (χ0) is 54.7. The van der Waals surface area contributed by atoms with Gasteiger partial charge in [0.1, 0.15) is 24.4 Å². The van der Waals surface area contributed by atoms with Gasteiger partial charge in [0.15, 0.2) is 12.4 Å². The van der Waals surface area contributed by atoms with Crippen LogP contribution >= 0.6 is 0 Å². The van der Waals surface area contributed by atoms with Crippen molar-refractivity contribution in [3.8, 4) is 0 Å². The molecule has 0 aromatic rings. The van der Waals surface area contributed by atoms with Crippen LogP contribution in [0, 0.1) is 0 Å². The Kier molecular flexibility index (Phi) is 48.9. The van der Waals surface area contributed by atoms with E-state index in [9.17, 15) is 35.1 Å². The maximum atomic E-state index is 13.3. The number of hydrogen-bond acceptors (Lipinski definition) is 10. The summed E-state index contributed by atoms with van der Waals surface area (Å²) in [6.45, 7) is 5.71. The van der Waals surface area contributed by atoms with Gasteiger partial charge in [0.25, 0.3) is 0 Å². The minimum atomic E-state index is -1.62. The summed E-state index contributed by atoms with van der Waals surface area (Å²) in [7, 11) is 0. The van der Waals surface area contributed by atoms with Gasteiger partial charge in [-0.3, -0.25) is 9.59 Å². The van der Waals surface area contributed by atoms with Crippen LogP contribution in [0.15, 0.2) is 60.8 Å². The van der Waals surface area contributed by atoms with Gasteiger partial charge in [0, 0.05) is 6.42 Å². The third-order valence-corrected chi connectivity index (χ3v) is 14.4. The van der Waals surface area contributed by atoms with Crippen molar-refractivity contribution in [1.29, 1.82) is 0 Å². The molecule has 1 aliphatic rings. The Labute approximate surface area is 458 Å². The molecule has 1 aliphatic heterocycles. The molecule has 0 radical (unpaired) electrons. The maximum Gasteiger partial charge on any atom is 0.306 e. The molecular formula is C64H115NO10. The fourth-order valence-corrected chi connectivity index (χ4v) is 9.40. The highest BCUT2D eigenvalue weighted by molar-refractivity contribution is 5.80. The second kappa shape index (κ2) is 52.1. The summed E-state index contributed by atoms with van der Waals surface area (Å²) in [4.78, 5) is 26.5. The predicted octanol–water partition coefficient (Wildman–Crippen LogP) is 14.6. The molecule has 0 aliphatic carbocycles. The summed E-state index contributed by atoms with van der Waals surface area (Å²) < 4.78 is 17.6. The van der Waals surface area contributed by atoms with Gasteiger partial charge in [-0.05, 0) is 83.5 Å². The van der Waals surface area contributed by atoms with Crippen LogP contribution in [-0.4, -0.2) is 99.6 Å². The summed E-state index contributed by atoms with van der Waals surface area (Å²) in [6.07, 6.45) is 54.1. The van der Waals surface area contributed by atoms with Crippen molar-refractivity contribution in [3.05, 3.63) is 60.8 Å². The quantitative estimate of drug-likeness (QED) is 0.0195. The van der Waals surface area contributed by atoms with Crippen LogP contribution in [0.3, 0.4) is 0 Å². The summed E-state index contributed by atoms with van der Waals surface area (Å²) in [5, 5.41) is 56.8. The fraction of sp³-hybridized carbons (Fsp3) is 0.812. The number of esters is 1. The van der Waals surface area contributed by atoms with Gasteiger partial charge >= 0.3 is 5.97 Å². The Morgan fingerprint density at radius 1 is 0.520 bits per heavy atom. The predicted molar refractivity (Wildman–Crippen MR) is 310 cm³/mol. The highest BCUT2D eigenvalue weighted by Crippen LogP contribution is 2.26. The molecule has 1 saturated heterocycles. The lowest BCUT2D eigenvalue weighted by atomic mass is 9.99. The number of carbonyl (C=O) groups excluding carboxylic acids is 2. The van der Waals surface area contributed by atoms with Crippen molar-refractivity contribution in [1.82, 2.24) is 5.32 Å². The standard InChI is InChI=1S/C64H115NO10/c1-4-7-10-13-16-19-22-24-25-26-27-28-29-30-31-32-33-35-37-40-43-46-49-52-59(69)75-62-61(71)60(70)58(53-66)74-64(62)73-54-55(56(67)50-47-44-41-39-36-34-23-20-17-14-11-8-5-2)65-63(72)57(68)51-48-45-42-38-21-18-15-12-9-6-3/h15-16,18-19,24-25,27-28,47,50,55-58,60-62,64,66-68,70-71H,4-14,17,20-23,26,29-46,48-49,51-54H2,1-3H3,(H,65,72)/b18-15-,19-16-,25-24-,28-27-,50-47+. The first kappa shape index (κ1) is 70.4. The van der Waals surface area contributed by atoms with Gasteiger partial charge in [0.05, 0.1) is 25.4 Å². The van der Waals surface area contributed by atoms with E-state index in [2.05, 4.69) is 74.7 Å². The zero-order valence-corrected chi connectivity index (χ0v) is 48.2. The first-order chi connectivity index (χ1) is 36.7. The molecule has 1 heterocycles. The summed E-state index contributed by atoms with van der Waals surface area (Å²) >= 11 is 0. The molecule has 1 rings (SSSR count). The monoisotopic (exact) mass is 1060 g/mol. The number of ether oxygens (including phenoxy) is 3. The summed E-state index contributed by atoms with van der Waals surface area (Å²) in [6, 6.07) is -1.03. The molecule has 1 fully saturated rings. The minimum absolute atomic E-state index is 0.117. The lowest BCUT2D eigenvalue weighted by Crippen LogP contribution is -2.61.